The summed E-state index contributed by atoms with van der Waals surface area (Å²) in [6.07, 6.45) is 7.36. The van der Waals surface area contributed by atoms with Gasteiger partial charge in [0.25, 0.3) is 0 Å². The minimum Gasteiger partial charge on any atom is -0.393 e. The average molecular weight is 227 g/mol. The summed E-state index contributed by atoms with van der Waals surface area (Å²) in [7, 11) is 0. The Kier molecular flexibility index (Phi) is 6.37. The van der Waals surface area contributed by atoms with Crippen LogP contribution in [0.5, 0.6) is 0 Å². The van der Waals surface area contributed by atoms with E-state index in [1.54, 1.807) is 0 Å². The quantitative estimate of drug-likeness (QED) is 0.754. The largest absolute Gasteiger partial charge is 0.393 e. The minimum absolute atomic E-state index is 0.146. The summed E-state index contributed by atoms with van der Waals surface area (Å²) in [5.74, 6) is 0.842. The van der Waals surface area contributed by atoms with Crippen LogP contribution in [0.25, 0.3) is 0 Å². The molecule has 0 radical (unpaired) electrons. The molecule has 1 heterocycles. The number of rotatable bonds is 6. The fraction of sp³-hybridized carbons (Fsp3) is 1.00. The van der Waals surface area contributed by atoms with E-state index in [1.165, 1.54) is 45.2 Å². The molecule has 0 bridgehead atoms. The summed E-state index contributed by atoms with van der Waals surface area (Å²) in [6, 6.07) is 0.634. The second-order valence-electron chi connectivity index (χ2n) is 5.41. The topological polar surface area (TPSA) is 23.5 Å². The van der Waals surface area contributed by atoms with Gasteiger partial charge in [-0.05, 0) is 38.6 Å². The van der Waals surface area contributed by atoms with Gasteiger partial charge in [-0.3, -0.25) is 0 Å². The lowest BCUT2D eigenvalue weighted by atomic mass is 9.94. The van der Waals surface area contributed by atoms with E-state index >= 15 is 0 Å². The van der Waals surface area contributed by atoms with Gasteiger partial charge in [0.05, 0.1) is 6.10 Å². The molecule has 2 nitrogen and oxygen atoms in total. The first-order chi connectivity index (χ1) is 7.67. The van der Waals surface area contributed by atoms with E-state index in [-0.39, 0.29) is 6.10 Å². The Bertz CT molecular complexity index is 178. The molecule has 0 aromatic carbocycles. The molecule has 1 aliphatic heterocycles. The molecular weight excluding hydrogens is 198 g/mol. The predicted molar refractivity (Wildman–Crippen MR) is 69.6 cm³/mol. The number of aliphatic hydroxyl groups excluding tert-OH is 1. The van der Waals surface area contributed by atoms with E-state index in [4.69, 9.17) is 0 Å². The zero-order chi connectivity index (χ0) is 12.0. The summed E-state index contributed by atoms with van der Waals surface area (Å²) in [5, 5.41) is 9.54. The van der Waals surface area contributed by atoms with Gasteiger partial charge in [-0.1, -0.05) is 33.1 Å². The highest BCUT2D eigenvalue weighted by atomic mass is 16.3. The van der Waals surface area contributed by atoms with Crippen molar-refractivity contribution in [3.05, 3.63) is 0 Å². The maximum absolute atomic E-state index is 9.54. The van der Waals surface area contributed by atoms with Crippen LogP contribution in [0.15, 0.2) is 0 Å². The molecule has 1 N–H and O–H groups in total. The Morgan fingerprint density at radius 3 is 2.50 bits per heavy atom. The van der Waals surface area contributed by atoms with Crippen molar-refractivity contribution in [2.24, 2.45) is 5.92 Å². The molecule has 1 saturated heterocycles. The number of nitrogens with zero attached hydrogens (tertiary/aromatic N) is 1. The number of hydrogen-bond acceptors (Lipinski definition) is 2. The van der Waals surface area contributed by atoms with Crippen LogP contribution in [0.1, 0.15) is 59.3 Å². The number of hydrogen-bond donors (Lipinski definition) is 1. The lowest BCUT2D eigenvalue weighted by Gasteiger charge is -2.38. The summed E-state index contributed by atoms with van der Waals surface area (Å²) < 4.78 is 0. The van der Waals surface area contributed by atoms with E-state index in [0.717, 1.165) is 12.3 Å². The molecule has 0 aromatic rings. The molecule has 1 fully saturated rings. The van der Waals surface area contributed by atoms with E-state index in [2.05, 4.69) is 18.7 Å². The lowest BCUT2D eigenvalue weighted by Crippen LogP contribution is -2.43. The third kappa shape index (κ3) is 4.42. The van der Waals surface area contributed by atoms with Crippen molar-refractivity contribution in [2.75, 3.05) is 13.1 Å². The molecule has 2 heteroatoms. The van der Waals surface area contributed by atoms with Crippen LogP contribution in [0, 0.1) is 5.92 Å². The van der Waals surface area contributed by atoms with Crippen molar-refractivity contribution in [1.82, 2.24) is 4.90 Å². The molecular formula is C14H29NO. The van der Waals surface area contributed by atoms with Crippen LogP contribution in [0.3, 0.4) is 0 Å². The van der Waals surface area contributed by atoms with Gasteiger partial charge in [-0.15, -0.1) is 0 Å². The smallest absolute Gasteiger partial charge is 0.0527 e. The van der Waals surface area contributed by atoms with Gasteiger partial charge in [-0.25, -0.2) is 0 Å². The Morgan fingerprint density at radius 2 is 1.94 bits per heavy atom. The second kappa shape index (κ2) is 7.29. The Hall–Kier alpha value is -0.0800. The summed E-state index contributed by atoms with van der Waals surface area (Å²) in [6.45, 7) is 8.99. The molecule has 1 aliphatic rings. The van der Waals surface area contributed by atoms with Gasteiger partial charge in [0.2, 0.25) is 0 Å². The molecule has 0 saturated carbocycles. The van der Waals surface area contributed by atoms with Crippen LogP contribution in [-0.2, 0) is 0 Å². The van der Waals surface area contributed by atoms with Crippen LogP contribution in [-0.4, -0.2) is 35.2 Å². The third-order valence-corrected chi connectivity index (χ3v) is 4.01. The van der Waals surface area contributed by atoms with Crippen molar-refractivity contribution >= 4 is 0 Å². The fourth-order valence-corrected chi connectivity index (χ4v) is 2.84. The highest BCUT2D eigenvalue weighted by molar-refractivity contribution is 4.79. The highest BCUT2D eigenvalue weighted by Crippen LogP contribution is 2.23. The van der Waals surface area contributed by atoms with Gasteiger partial charge >= 0.3 is 0 Å². The molecule has 16 heavy (non-hydrogen) atoms. The zero-order valence-electron chi connectivity index (χ0n) is 11.3. The molecule has 1 rings (SSSR count). The van der Waals surface area contributed by atoms with Gasteiger partial charge in [-0.2, -0.15) is 0 Å². The molecule has 0 aliphatic carbocycles. The Balaban J connectivity index is 2.45. The molecule has 2 atom stereocenters. The lowest BCUT2D eigenvalue weighted by molar-refractivity contribution is 0.0738. The first-order valence-electron chi connectivity index (χ1n) is 7.09. The van der Waals surface area contributed by atoms with Crippen LogP contribution < -0.4 is 0 Å². The van der Waals surface area contributed by atoms with Crippen molar-refractivity contribution in [3.8, 4) is 0 Å². The monoisotopic (exact) mass is 227 g/mol. The standard InChI is InChI=1S/C14H29NO/c1-4-13(5-2)11-15-9-7-6-8-14(15)10-12(3)16/h12-14,16H,4-11H2,1-3H3. The maximum Gasteiger partial charge on any atom is 0.0527 e. The summed E-state index contributed by atoms with van der Waals surface area (Å²) in [5.41, 5.74) is 0. The fourth-order valence-electron chi connectivity index (χ4n) is 2.84. The maximum atomic E-state index is 9.54. The molecule has 96 valence electrons. The van der Waals surface area contributed by atoms with E-state index in [9.17, 15) is 5.11 Å². The van der Waals surface area contributed by atoms with E-state index in [1.807, 2.05) is 6.92 Å². The molecule has 0 aromatic heterocycles. The highest BCUT2D eigenvalue weighted by Gasteiger charge is 2.24. The van der Waals surface area contributed by atoms with Crippen molar-refractivity contribution < 1.29 is 5.11 Å². The average Bonchev–Trinajstić information content (AvgIpc) is 2.27. The van der Waals surface area contributed by atoms with Crippen LogP contribution in [0.4, 0.5) is 0 Å². The van der Waals surface area contributed by atoms with Crippen LogP contribution in [0.2, 0.25) is 0 Å². The Morgan fingerprint density at radius 1 is 1.25 bits per heavy atom. The first kappa shape index (κ1) is 14.0. The van der Waals surface area contributed by atoms with E-state index < -0.39 is 0 Å². The van der Waals surface area contributed by atoms with Gasteiger partial charge in [0, 0.05) is 12.6 Å². The van der Waals surface area contributed by atoms with Gasteiger partial charge in [0.15, 0.2) is 0 Å². The van der Waals surface area contributed by atoms with Gasteiger partial charge < -0.3 is 10.0 Å². The minimum atomic E-state index is -0.146. The van der Waals surface area contributed by atoms with Crippen molar-refractivity contribution in [2.45, 2.75) is 71.4 Å². The Labute approximate surface area is 101 Å². The number of piperidine rings is 1. The van der Waals surface area contributed by atoms with Gasteiger partial charge in [0.1, 0.15) is 0 Å². The molecule has 0 amide bonds. The van der Waals surface area contributed by atoms with E-state index in [0.29, 0.717) is 6.04 Å². The molecule has 2 unspecified atom stereocenters. The predicted octanol–water partition coefficient (Wildman–Crippen LogP) is 3.05. The zero-order valence-corrected chi connectivity index (χ0v) is 11.3. The van der Waals surface area contributed by atoms with Crippen LogP contribution >= 0.6 is 0 Å². The third-order valence-electron chi connectivity index (χ3n) is 4.01. The van der Waals surface area contributed by atoms with Crippen molar-refractivity contribution in [1.29, 1.82) is 0 Å². The number of likely N-dealkylation sites (tertiary alicyclic amines) is 1. The summed E-state index contributed by atoms with van der Waals surface area (Å²) in [4.78, 5) is 2.63. The molecule has 0 spiro atoms. The first-order valence-corrected chi connectivity index (χ1v) is 7.09. The normalized spacial score (nSPS) is 24.9. The SMILES string of the molecule is CCC(CC)CN1CCCCC1CC(C)O. The van der Waals surface area contributed by atoms with Crippen molar-refractivity contribution in [3.63, 3.8) is 0 Å². The summed E-state index contributed by atoms with van der Waals surface area (Å²) >= 11 is 0. The second-order valence-corrected chi connectivity index (χ2v) is 5.41. The number of aliphatic hydroxyl groups is 1.